The van der Waals surface area contributed by atoms with E-state index < -0.39 is 47.0 Å². The Balaban J connectivity index is 1.25. The maximum absolute atomic E-state index is 14.6. The van der Waals surface area contributed by atoms with Crippen LogP contribution in [0.4, 0.5) is 28.9 Å². The van der Waals surface area contributed by atoms with Crippen molar-refractivity contribution in [1.29, 1.82) is 0 Å². The molecule has 0 bridgehead atoms. The number of nitrogens with zero attached hydrogens (tertiary/aromatic N) is 7. The number of rotatable bonds is 4. The summed E-state index contributed by atoms with van der Waals surface area (Å²) < 4.78 is 55.6. The maximum atomic E-state index is 14.6. The number of fused-ring (bicyclic) bond motifs is 3. The number of amides is 2. The first kappa shape index (κ1) is 31.0. The van der Waals surface area contributed by atoms with Gasteiger partial charge in [0.1, 0.15) is 29.0 Å². The predicted octanol–water partition coefficient (Wildman–Crippen LogP) is 3.74. The Hall–Kier alpha value is -4.67. The van der Waals surface area contributed by atoms with Gasteiger partial charge in [-0.1, -0.05) is 0 Å². The molecule has 2 amide bonds. The number of aromatic hydroxyl groups is 1. The summed E-state index contributed by atoms with van der Waals surface area (Å²) in [4.78, 5) is 61.4. The lowest BCUT2D eigenvalue weighted by molar-refractivity contribution is -0.137. The zero-order valence-electron chi connectivity index (χ0n) is 24.8. The fourth-order valence-corrected chi connectivity index (χ4v) is 7.13. The van der Waals surface area contributed by atoms with E-state index in [1.165, 1.54) is 6.33 Å². The van der Waals surface area contributed by atoms with Gasteiger partial charge in [-0.2, -0.15) is 13.2 Å². The van der Waals surface area contributed by atoms with E-state index in [1.807, 2.05) is 4.90 Å². The second-order valence-corrected chi connectivity index (χ2v) is 12.6. The minimum atomic E-state index is -4.75. The molecule has 1 unspecified atom stereocenters. The fourth-order valence-electron chi connectivity index (χ4n) is 6.86. The summed E-state index contributed by atoms with van der Waals surface area (Å²) in [7, 11) is 0. The maximum Gasteiger partial charge on any atom is 0.416 e. The number of aromatic nitrogens is 5. The van der Waals surface area contributed by atoms with Crippen molar-refractivity contribution in [2.45, 2.75) is 51.5 Å². The minimum absolute atomic E-state index is 0.00754. The SMILES string of the molecule is Cc1nc2c(nc1Br)c(=O)c1c(n2CC(=O)Nc2ccc(C(F)(F)F)cc2F)CC2C[C@H]3[C@H]2N1CCN3C(=O)c1ncnc(C)c1O. The van der Waals surface area contributed by atoms with Crippen molar-refractivity contribution in [2.24, 2.45) is 5.92 Å². The molecule has 12 nitrogen and oxygen atoms in total. The molecule has 3 aromatic heterocycles. The van der Waals surface area contributed by atoms with E-state index in [-0.39, 0.29) is 59.4 Å². The van der Waals surface area contributed by atoms with Crippen LogP contribution in [0, 0.1) is 25.6 Å². The number of hydrogen-bond acceptors (Lipinski definition) is 9. The van der Waals surface area contributed by atoms with Crippen molar-refractivity contribution in [3.05, 3.63) is 73.5 Å². The van der Waals surface area contributed by atoms with Gasteiger partial charge >= 0.3 is 6.18 Å². The van der Waals surface area contributed by atoms with E-state index in [0.29, 0.717) is 46.7 Å². The van der Waals surface area contributed by atoms with E-state index in [4.69, 9.17) is 0 Å². The van der Waals surface area contributed by atoms with E-state index in [2.05, 4.69) is 41.2 Å². The van der Waals surface area contributed by atoms with Crippen molar-refractivity contribution in [3.8, 4) is 5.75 Å². The summed E-state index contributed by atoms with van der Waals surface area (Å²) in [5, 5.41) is 12.8. The predicted molar refractivity (Wildman–Crippen MR) is 162 cm³/mol. The molecule has 2 N–H and O–H groups in total. The molecule has 1 aliphatic carbocycles. The number of hydrogen-bond donors (Lipinski definition) is 2. The Morgan fingerprint density at radius 3 is 2.62 bits per heavy atom. The van der Waals surface area contributed by atoms with E-state index in [9.17, 15) is 37.1 Å². The second kappa shape index (κ2) is 11.0. The molecule has 0 spiro atoms. The quantitative estimate of drug-likeness (QED) is 0.302. The van der Waals surface area contributed by atoms with Crippen LogP contribution in [0.1, 0.15) is 39.6 Å². The molecule has 2 aliphatic heterocycles. The Labute approximate surface area is 271 Å². The van der Waals surface area contributed by atoms with Gasteiger partial charge < -0.3 is 24.8 Å². The van der Waals surface area contributed by atoms with Crippen LogP contribution in [-0.2, 0) is 23.9 Å². The first-order valence-corrected chi connectivity index (χ1v) is 15.4. The summed E-state index contributed by atoms with van der Waals surface area (Å²) in [6.45, 7) is 3.30. The first-order valence-electron chi connectivity index (χ1n) is 14.6. The lowest BCUT2D eigenvalue weighted by atomic mass is 9.67. The summed E-state index contributed by atoms with van der Waals surface area (Å²) in [5.41, 5.74) is -0.429. The average molecular weight is 717 g/mol. The third-order valence-electron chi connectivity index (χ3n) is 9.13. The van der Waals surface area contributed by atoms with Crippen LogP contribution >= 0.6 is 15.9 Å². The highest BCUT2D eigenvalue weighted by molar-refractivity contribution is 9.10. The van der Waals surface area contributed by atoms with Crippen molar-refractivity contribution in [1.82, 2.24) is 29.4 Å². The number of aryl methyl sites for hydroxylation is 2. The fraction of sp³-hybridized carbons (Fsp3) is 0.367. The third-order valence-corrected chi connectivity index (χ3v) is 9.88. The highest BCUT2D eigenvalue weighted by Crippen LogP contribution is 2.48. The first-order chi connectivity index (χ1) is 22.2. The van der Waals surface area contributed by atoms with Crippen LogP contribution in [0.15, 0.2) is 33.9 Å². The molecular weight excluding hydrogens is 692 g/mol. The normalized spacial score (nSPS) is 20.0. The number of carbonyl (C=O) groups excluding carboxylic acids is 2. The molecule has 0 radical (unpaired) electrons. The van der Waals surface area contributed by atoms with Crippen LogP contribution in [-0.4, -0.2) is 71.5 Å². The molecule has 3 aliphatic rings. The molecule has 5 heterocycles. The van der Waals surface area contributed by atoms with Gasteiger partial charge in [0.2, 0.25) is 11.3 Å². The summed E-state index contributed by atoms with van der Waals surface area (Å²) in [6, 6.07) is 1.34. The number of halogens is 5. The minimum Gasteiger partial charge on any atom is -0.504 e. The van der Waals surface area contributed by atoms with Gasteiger partial charge in [-0.05, 0) is 66.7 Å². The molecule has 2 fully saturated rings. The monoisotopic (exact) mass is 716 g/mol. The largest absolute Gasteiger partial charge is 0.504 e. The lowest BCUT2D eigenvalue weighted by Gasteiger charge is -2.61. The van der Waals surface area contributed by atoms with Gasteiger partial charge in [-0.3, -0.25) is 14.4 Å². The van der Waals surface area contributed by atoms with Gasteiger partial charge in [-0.15, -0.1) is 0 Å². The highest BCUT2D eigenvalue weighted by Gasteiger charge is 2.55. The summed E-state index contributed by atoms with van der Waals surface area (Å²) in [5.74, 6) is -2.72. The van der Waals surface area contributed by atoms with Crippen molar-refractivity contribution < 1.29 is 32.3 Å². The van der Waals surface area contributed by atoms with Crippen LogP contribution in [0.3, 0.4) is 0 Å². The molecule has 1 saturated carbocycles. The number of pyridine rings is 1. The number of carbonyl (C=O) groups is 2. The summed E-state index contributed by atoms with van der Waals surface area (Å²) >= 11 is 3.32. The van der Waals surface area contributed by atoms with E-state index in [0.717, 1.165) is 6.07 Å². The van der Waals surface area contributed by atoms with Crippen molar-refractivity contribution in [2.75, 3.05) is 23.3 Å². The number of benzene rings is 1. The lowest BCUT2D eigenvalue weighted by Crippen LogP contribution is -2.72. The van der Waals surface area contributed by atoms with Gasteiger partial charge in [0.25, 0.3) is 5.91 Å². The van der Waals surface area contributed by atoms with Gasteiger partial charge in [0, 0.05) is 18.8 Å². The zero-order valence-corrected chi connectivity index (χ0v) is 26.4. The van der Waals surface area contributed by atoms with Crippen molar-refractivity contribution >= 4 is 50.3 Å². The summed E-state index contributed by atoms with van der Waals surface area (Å²) in [6.07, 6.45) is -2.60. The number of piperazine rings is 1. The van der Waals surface area contributed by atoms with Crippen molar-refractivity contribution in [3.63, 3.8) is 0 Å². The number of anilines is 2. The third kappa shape index (κ3) is 4.98. The van der Waals surface area contributed by atoms with Gasteiger partial charge in [0.15, 0.2) is 22.6 Å². The molecule has 17 heteroatoms. The van der Waals surface area contributed by atoms with Crippen LogP contribution in [0.5, 0.6) is 5.75 Å². The molecule has 3 atom stereocenters. The van der Waals surface area contributed by atoms with Crippen LogP contribution in [0.2, 0.25) is 0 Å². The number of nitrogens with one attached hydrogen (secondary N) is 1. The van der Waals surface area contributed by atoms with Gasteiger partial charge in [0.05, 0.1) is 34.7 Å². The Morgan fingerprint density at radius 1 is 1.13 bits per heavy atom. The van der Waals surface area contributed by atoms with E-state index in [1.54, 1.807) is 23.3 Å². The molecule has 4 aromatic rings. The highest BCUT2D eigenvalue weighted by atomic mass is 79.9. The molecular formula is C30H25BrF4N8O4. The number of alkyl halides is 3. The second-order valence-electron chi connectivity index (χ2n) is 11.8. The zero-order chi connectivity index (χ0) is 33.5. The van der Waals surface area contributed by atoms with Crippen LogP contribution in [0.25, 0.3) is 11.2 Å². The Bertz CT molecular complexity index is 2070. The van der Waals surface area contributed by atoms with E-state index >= 15 is 0 Å². The topological polar surface area (TPSA) is 146 Å². The molecule has 7 rings (SSSR count). The Kier molecular flexibility index (Phi) is 7.22. The molecule has 47 heavy (non-hydrogen) atoms. The molecule has 1 aromatic carbocycles. The standard InChI is InChI=1S/C30H25BrF4N8O4/c1-12-25(45)22(37-11-36-12)29(47)41-5-6-42-23-14(7-18(23)41)8-19-24(42)26(46)21-28(38-13(2)27(31)40-21)43(19)10-20(44)39-17-4-3-15(9-16(17)32)30(33,34)35/h3-4,9,11,14,18,23,45H,5-8,10H2,1-2H3,(H,39,44)/t14?,18-,23-/m0/s1. The molecule has 244 valence electrons. The van der Waals surface area contributed by atoms with Crippen LogP contribution < -0.4 is 15.6 Å². The average Bonchev–Trinajstić information content (AvgIpc) is 3.00. The van der Waals surface area contributed by atoms with Gasteiger partial charge in [-0.25, -0.2) is 24.3 Å². The smallest absolute Gasteiger partial charge is 0.416 e. The Morgan fingerprint density at radius 2 is 1.89 bits per heavy atom. The molecule has 1 saturated heterocycles.